The molecular formula is C17H18INOS. The first-order valence-electron chi connectivity index (χ1n) is 6.73. The van der Waals surface area contributed by atoms with Crippen molar-refractivity contribution in [3.05, 3.63) is 62.7 Å². The fraction of sp³-hybridized carbons (Fsp3) is 0.235. The van der Waals surface area contributed by atoms with E-state index in [0.29, 0.717) is 0 Å². The molecule has 110 valence electrons. The van der Waals surface area contributed by atoms with Crippen LogP contribution in [-0.2, 0) is 0 Å². The van der Waals surface area contributed by atoms with Gasteiger partial charge in [0.2, 0.25) is 0 Å². The van der Waals surface area contributed by atoms with E-state index in [9.17, 15) is 4.79 Å². The number of benzene rings is 2. The van der Waals surface area contributed by atoms with Gasteiger partial charge >= 0.3 is 0 Å². The molecule has 2 nitrogen and oxygen atoms in total. The second-order valence-electron chi connectivity index (χ2n) is 4.90. The molecule has 1 N–H and O–H groups in total. The van der Waals surface area contributed by atoms with Gasteiger partial charge in [0.05, 0.1) is 11.6 Å². The summed E-state index contributed by atoms with van der Waals surface area (Å²) in [7, 11) is 0. The van der Waals surface area contributed by atoms with E-state index in [-0.39, 0.29) is 11.9 Å². The maximum Gasteiger partial charge on any atom is 0.252 e. The number of halogens is 1. The van der Waals surface area contributed by atoms with Crippen LogP contribution in [0.4, 0.5) is 0 Å². The van der Waals surface area contributed by atoms with Crippen LogP contribution in [0.5, 0.6) is 0 Å². The van der Waals surface area contributed by atoms with E-state index in [1.165, 1.54) is 4.90 Å². The van der Waals surface area contributed by atoms with Crippen LogP contribution in [0.25, 0.3) is 0 Å². The fourth-order valence-electron chi connectivity index (χ4n) is 2.07. The number of aryl methyl sites for hydroxylation is 1. The van der Waals surface area contributed by atoms with Gasteiger partial charge in [0.15, 0.2) is 0 Å². The van der Waals surface area contributed by atoms with Crippen molar-refractivity contribution in [2.75, 3.05) is 6.26 Å². The molecule has 0 aliphatic heterocycles. The van der Waals surface area contributed by atoms with E-state index in [1.54, 1.807) is 11.8 Å². The third-order valence-electron chi connectivity index (χ3n) is 3.40. The van der Waals surface area contributed by atoms with Gasteiger partial charge in [0.1, 0.15) is 0 Å². The van der Waals surface area contributed by atoms with Crippen molar-refractivity contribution in [3.63, 3.8) is 0 Å². The normalized spacial score (nSPS) is 12.0. The first-order chi connectivity index (χ1) is 10.0. The average Bonchev–Trinajstić information content (AvgIpc) is 2.50. The van der Waals surface area contributed by atoms with Crippen molar-refractivity contribution < 1.29 is 4.79 Å². The average molecular weight is 411 g/mol. The predicted molar refractivity (Wildman–Crippen MR) is 98.0 cm³/mol. The fourth-order valence-corrected chi connectivity index (χ4v) is 3.09. The largest absolute Gasteiger partial charge is 0.345 e. The first-order valence-corrected chi connectivity index (χ1v) is 9.03. The zero-order valence-electron chi connectivity index (χ0n) is 12.3. The van der Waals surface area contributed by atoms with Crippen molar-refractivity contribution in [2.24, 2.45) is 0 Å². The van der Waals surface area contributed by atoms with Gasteiger partial charge in [-0.1, -0.05) is 24.3 Å². The SMILES string of the molecule is CSc1ccc(C(C)NC(=O)c2cccc(C)c2I)cc1. The standard InChI is InChI=1S/C17H18INOS/c1-11-5-4-6-15(16(11)18)17(20)19-12(2)13-7-9-14(21-3)10-8-13/h4-10,12H,1-3H3,(H,19,20). The van der Waals surface area contributed by atoms with Gasteiger partial charge in [-0.05, 0) is 72.0 Å². The summed E-state index contributed by atoms with van der Waals surface area (Å²) in [6.07, 6.45) is 2.06. The van der Waals surface area contributed by atoms with Crippen LogP contribution < -0.4 is 5.32 Å². The molecule has 0 aromatic heterocycles. The van der Waals surface area contributed by atoms with E-state index in [4.69, 9.17) is 0 Å². The minimum Gasteiger partial charge on any atom is -0.345 e. The number of carbonyl (C=O) groups is 1. The first kappa shape index (κ1) is 16.4. The number of hydrogen-bond donors (Lipinski definition) is 1. The summed E-state index contributed by atoms with van der Waals surface area (Å²) < 4.78 is 1.01. The van der Waals surface area contributed by atoms with Gasteiger partial charge in [-0.2, -0.15) is 0 Å². The molecule has 0 spiro atoms. The monoisotopic (exact) mass is 411 g/mol. The van der Waals surface area contributed by atoms with Gasteiger partial charge in [-0.15, -0.1) is 11.8 Å². The third kappa shape index (κ3) is 4.01. The highest BCUT2D eigenvalue weighted by Gasteiger charge is 2.14. The van der Waals surface area contributed by atoms with E-state index in [2.05, 4.69) is 58.4 Å². The van der Waals surface area contributed by atoms with Gasteiger partial charge in [-0.3, -0.25) is 4.79 Å². The molecule has 1 amide bonds. The molecule has 21 heavy (non-hydrogen) atoms. The van der Waals surface area contributed by atoms with Crippen LogP contribution in [0.3, 0.4) is 0 Å². The van der Waals surface area contributed by atoms with Crippen LogP contribution >= 0.6 is 34.4 Å². The van der Waals surface area contributed by atoms with Crippen LogP contribution in [-0.4, -0.2) is 12.2 Å². The number of amides is 1. The predicted octanol–water partition coefficient (Wildman–Crippen LogP) is 4.81. The minimum atomic E-state index is -0.0236. The minimum absolute atomic E-state index is 0.00952. The molecule has 0 aliphatic rings. The van der Waals surface area contributed by atoms with E-state index in [0.717, 1.165) is 20.3 Å². The molecule has 1 unspecified atom stereocenters. The van der Waals surface area contributed by atoms with Crippen LogP contribution in [0.1, 0.15) is 34.5 Å². The number of hydrogen-bond acceptors (Lipinski definition) is 2. The topological polar surface area (TPSA) is 29.1 Å². The molecule has 0 saturated carbocycles. The Morgan fingerprint density at radius 2 is 1.86 bits per heavy atom. The van der Waals surface area contributed by atoms with Crippen molar-refractivity contribution in [1.29, 1.82) is 0 Å². The van der Waals surface area contributed by atoms with Crippen molar-refractivity contribution in [2.45, 2.75) is 24.8 Å². The van der Waals surface area contributed by atoms with Crippen molar-refractivity contribution in [3.8, 4) is 0 Å². The highest BCUT2D eigenvalue weighted by molar-refractivity contribution is 14.1. The summed E-state index contributed by atoms with van der Waals surface area (Å²) in [6, 6.07) is 14.1. The molecule has 0 radical (unpaired) electrons. The molecule has 0 fully saturated rings. The molecule has 4 heteroatoms. The second-order valence-corrected chi connectivity index (χ2v) is 6.86. The molecule has 1 atom stereocenters. The zero-order chi connectivity index (χ0) is 15.4. The molecule has 2 aromatic rings. The lowest BCUT2D eigenvalue weighted by Crippen LogP contribution is -2.27. The lowest BCUT2D eigenvalue weighted by Gasteiger charge is -2.16. The number of thioether (sulfide) groups is 1. The third-order valence-corrected chi connectivity index (χ3v) is 5.58. The summed E-state index contributed by atoms with van der Waals surface area (Å²) in [6.45, 7) is 4.03. The molecular weight excluding hydrogens is 393 g/mol. The van der Waals surface area contributed by atoms with Gasteiger partial charge in [0.25, 0.3) is 5.91 Å². The molecule has 0 bridgehead atoms. The maximum absolute atomic E-state index is 12.4. The summed E-state index contributed by atoms with van der Waals surface area (Å²) in [5.74, 6) is -0.0236. The molecule has 0 aliphatic carbocycles. The Morgan fingerprint density at radius 1 is 1.19 bits per heavy atom. The summed E-state index contributed by atoms with van der Waals surface area (Å²) >= 11 is 3.94. The Hall–Kier alpha value is -1.01. The van der Waals surface area contributed by atoms with Crippen LogP contribution in [0.15, 0.2) is 47.4 Å². The highest BCUT2D eigenvalue weighted by atomic mass is 127. The number of carbonyl (C=O) groups excluding carboxylic acids is 1. The van der Waals surface area contributed by atoms with Gasteiger partial charge in [0, 0.05) is 8.47 Å². The Bertz CT molecular complexity index is 640. The summed E-state index contributed by atoms with van der Waals surface area (Å²) in [5, 5.41) is 3.07. The molecule has 0 heterocycles. The Morgan fingerprint density at radius 3 is 2.48 bits per heavy atom. The maximum atomic E-state index is 12.4. The number of rotatable bonds is 4. The molecule has 2 aromatic carbocycles. The quantitative estimate of drug-likeness (QED) is 0.578. The van der Waals surface area contributed by atoms with Gasteiger partial charge < -0.3 is 5.32 Å². The Balaban J connectivity index is 2.12. The van der Waals surface area contributed by atoms with Gasteiger partial charge in [-0.25, -0.2) is 0 Å². The number of nitrogens with one attached hydrogen (secondary N) is 1. The van der Waals surface area contributed by atoms with Crippen molar-refractivity contribution >= 4 is 40.3 Å². The molecule has 2 rings (SSSR count). The Kier molecular flexibility index (Phi) is 5.70. The molecule has 0 saturated heterocycles. The Labute approximate surface area is 143 Å². The summed E-state index contributed by atoms with van der Waals surface area (Å²) in [5.41, 5.74) is 2.98. The smallest absolute Gasteiger partial charge is 0.252 e. The van der Waals surface area contributed by atoms with Crippen molar-refractivity contribution in [1.82, 2.24) is 5.32 Å². The second kappa shape index (κ2) is 7.31. The summed E-state index contributed by atoms with van der Waals surface area (Å²) in [4.78, 5) is 13.6. The van der Waals surface area contributed by atoms with E-state index < -0.39 is 0 Å². The van der Waals surface area contributed by atoms with Crippen LogP contribution in [0.2, 0.25) is 0 Å². The lowest BCUT2D eigenvalue weighted by atomic mass is 10.1. The van der Waals surface area contributed by atoms with E-state index in [1.807, 2.05) is 32.0 Å². The zero-order valence-corrected chi connectivity index (χ0v) is 15.3. The highest BCUT2D eigenvalue weighted by Crippen LogP contribution is 2.21. The van der Waals surface area contributed by atoms with E-state index >= 15 is 0 Å². The van der Waals surface area contributed by atoms with Crippen LogP contribution in [0, 0.1) is 10.5 Å². The lowest BCUT2D eigenvalue weighted by molar-refractivity contribution is 0.0939.